The van der Waals surface area contributed by atoms with Gasteiger partial charge < -0.3 is 5.32 Å². The second-order valence-electron chi connectivity index (χ2n) is 6.00. The van der Waals surface area contributed by atoms with Crippen molar-refractivity contribution in [1.82, 2.24) is 5.32 Å². The molecule has 2 rings (SSSR count). The molecule has 0 radical (unpaired) electrons. The molecule has 0 heterocycles. The predicted octanol–water partition coefficient (Wildman–Crippen LogP) is 3.83. The van der Waals surface area contributed by atoms with Crippen molar-refractivity contribution in [2.24, 2.45) is 5.41 Å². The zero-order valence-corrected chi connectivity index (χ0v) is 11.7. The molecule has 0 aromatic heterocycles. The van der Waals surface area contributed by atoms with Crippen molar-refractivity contribution >= 4 is 11.8 Å². The third kappa shape index (κ3) is 3.16. The van der Waals surface area contributed by atoms with Gasteiger partial charge in [-0.15, -0.1) is 0 Å². The van der Waals surface area contributed by atoms with E-state index in [0.29, 0.717) is 6.04 Å². The largest absolute Gasteiger partial charge is 0.311 e. The van der Waals surface area contributed by atoms with Gasteiger partial charge in [0.1, 0.15) is 0 Å². The van der Waals surface area contributed by atoms with E-state index in [0.717, 1.165) is 11.5 Å². The summed E-state index contributed by atoms with van der Waals surface area (Å²) in [7, 11) is 0. The quantitative estimate of drug-likeness (QED) is 0.803. The topological polar surface area (TPSA) is 12.0 Å². The molecule has 0 aliphatic heterocycles. The monoisotopic (exact) mass is 241 g/mol. The van der Waals surface area contributed by atoms with Crippen LogP contribution in [0, 0.1) is 5.41 Å². The maximum Gasteiger partial charge on any atom is 0.0132 e. The molecule has 0 saturated heterocycles. The SMILES string of the molecule is CSCC(C)NC1CCC2(CCCC2)CC1. The fourth-order valence-electron chi connectivity index (χ4n) is 3.72. The van der Waals surface area contributed by atoms with Crippen molar-refractivity contribution < 1.29 is 0 Å². The molecule has 2 fully saturated rings. The molecule has 1 atom stereocenters. The minimum atomic E-state index is 0.692. The Hall–Kier alpha value is 0.310. The molecule has 94 valence electrons. The lowest BCUT2D eigenvalue weighted by molar-refractivity contribution is 0.165. The Morgan fingerprint density at radius 3 is 2.38 bits per heavy atom. The van der Waals surface area contributed by atoms with Gasteiger partial charge in [-0.25, -0.2) is 0 Å². The Bertz CT molecular complexity index is 201. The van der Waals surface area contributed by atoms with E-state index in [1.165, 1.54) is 57.1 Å². The molecule has 1 spiro atoms. The number of rotatable bonds is 4. The summed E-state index contributed by atoms with van der Waals surface area (Å²) in [4.78, 5) is 0. The highest BCUT2D eigenvalue weighted by atomic mass is 32.2. The maximum absolute atomic E-state index is 3.81. The van der Waals surface area contributed by atoms with Gasteiger partial charge >= 0.3 is 0 Å². The molecule has 2 aliphatic rings. The number of hydrogen-bond donors (Lipinski definition) is 1. The van der Waals surface area contributed by atoms with Crippen molar-refractivity contribution in [1.29, 1.82) is 0 Å². The van der Waals surface area contributed by atoms with Crippen LogP contribution >= 0.6 is 11.8 Å². The van der Waals surface area contributed by atoms with E-state index in [1.54, 1.807) is 0 Å². The van der Waals surface area contributed by atoms with Gasteiger partial charge in [0.2, 0.25) is 0 Å². The van der Waals surface area contributed by atoms with Gasteiger partial charge in [0.15, 0.2) is 0 Å². The molecular weight excluding hydrogens is 214 g/mol. The van der Waals surface area contributed by atoms with Crippen LogP contribution in [0.15, 0.2) is 0 Å². The predicted molar refractivity (Wildman–Crippen MR) is 74.1 cm³/mol. The van der Waals surface area contributed by atoms with Gasteiger partial charge in [0.05, 0.1) is 0 Å². The molecule has 2 heteroatoms. The van der Waals surface area contributed by atoms with Crippen LogP contribution in [0.3, 0.4) is 0 Å². The van der Waals surface area contributed by atoms with Crippen LogP contribution in [0.2, 0.25) is 0 Å². The highest BCUT2D eigenvalue weighted by molar-refractivity contribution is 7.98. The van der Waals surface area contributed by atoms with E-state index in [4.69, 9.17) is 0 Å². The zero-order chi connectivity index (χ0) is 11.4. The van der Waals surface area contributed by atoms with E-state index < -0.39 is 0 Å². The summed E-state index contributed by atoms with van der Waals surface area (Å²) in [6.45, 7) is 2.33. The van der Waals surface area contributed by atoms with Crippen molar-refractivity contribution in [2.75, 3.05) is 12.0 Å². The van der Waals surface area contributed by atoms with Crippen LogP contribution in [-0.2, 0) is 0 Å². The average molecular weight is 241 g/mol. The zero-order valence-electron chi connectivity index (χ0n) is 10.9. The summed E-state index contributed by atoms with van der Waals surface area (Å²) in [5, 5.41) is 3.81. The first kappa shape index (κ1) is 12.8. The van der Waals surface area contributed by atoms with Crippen LogP contribution in [0.4, 0.5) is 0 Å². The minimum Gasteiger partial charge on any atom is -0.311 e. The summed E-state index contributed by atoms with van der Waals surface area (Å²) >= 11 is 1.95. The van der Waals surface area contributed by atoms with E-state index in [1.807, 2.05) is 11.8 Å². The number of hydrogen-bond acceptors (Lipinski definition) is 2. The fraction of sp³-hybridized carbons (Fsp3) is 1.00. The third-order valence-electron chi connectivity index (χ3n) is 4.65. The molecule has 2 saturated carbocycles. The molecule has 1 N–H and O–H groups in total. The van der Waals surface area contributed by atoms with Crippen LogP contribution < -0.4 is 5.32 Å². The minimum absolute atomic E-state index is 0.692. The molecular formula is C14H27NS. The van der Waals surface area contributed by atoms with Gasteiger partial charge in [-0.05, 0) is 57.1 Å². The third-order valence-corrected chi connectivity index (χ3v) is 5.48. The molecule has 0 aromatic carbocycles. The summed E-state index contributed by atoms with van der Waals surface area (Å²) in [5.41, 5.74) is 0.793. The van der Waals surface area contributed by atoms with Gasteiger partial charge in [0.25, 0.3) is 0 Å². The summed E-state index contributed by atoms with van der Waals surface area (Å²) in [6, 6.07) is 1.51. The highest BCUT2D eigenvalue weighted by Crippen LogP contribution is 2.48. The Morgan fingerprint density at radius 1 is 1.19 bits per heavy atom. The van der Waals surface area contributed by atoms with Crippen LogP contribution in [0.5, 0.6) is 0 Å². The van der Waals surface area contributed by atoms with Crippen molar-refractivity contribution in [3.05, 3.63) is 0 Å². The molecule has 16 heavy (non-hydrogen) atoms. The highest BCUT2D eigenvalue weighted by Gasteiger charge is 2.37. The first-order valence-electron chi connectivity index (χ1n) is 6.99. The average Bonchev–Trinajstić information content (AvgIpc) is 2.71. The van der Waals surface area contributed by atoms with E-state index >= 15 is 0 Å². The number of thioether (sulfide) groups is 1. The van der Waals surface area contributed by atoms with E-state index in [2.05, 4.69) is 18.5 Å². The Kier molecular flexibility index (Phi) is 4.60. The lowest BCUT2D eigenvalue weighted by Crippen LogP contribution is -2.42. The van der Waals surface area contributed by atoms with Crippen LogP contribution in [0.1, 0.15) is 58.3 Å². The van der Waals surface area contributed by atoms with Crippen LogP contribution in [0.25, 0.3) is 0 Å². The molecule has 1 nitrogen and oxygen atoms in total. The second-order valence-corrected chi connectivity index (χ2v) is 6.92. The molecule has 0 bridgehead atoms. The normalized spacial score (nSPS) is 27.4. The lowest BCUT2D eigenvalue weighted by atomic mass is 9.71. The number of nitrogens with one attached hydrogen (secondary N) is 1. The standard InChI is InChI=1S/C14H27NS/c1-12(11-16-2)15-13-5-9-14(10-6-13)7-3-4-8-14/h12-13,15H,3-11H2,1-2H3. The van der Waals surface area contributed by atoms with E-state index in [-0.39, 0.29) is 0 Å². The first-order valence-corrected chi connectivity index (χ1v) is 8.38. The molecule has 1 unspecified atom stereocenters. The molecule has 2 aliphatic carbocycles. The lowest BCUT2D eigenvalue weighted by Gasteiger charge is -2.38. The Morgan fingerprint density at radius 2 is 1.81 bits per heavy atom. The smallest absolute Gasteiger partial charge is 0.0132 e. The Balaban J connectivity index is 1.72. The van der Waals surface area contributed by atoms with E-state index in [9.17, 15) is 0 Å². The van der Waals surface area contributed by atoms with Gasteiger partial charge in [-0.2, -0.15) is 11.8 Å². The van der Waals surface area contributed by atoms with Crippen molar-refractivity contribution in [3.63, 3.8) is 0 Å². The van der Waals surface area contributed by atoms with Crippen molar-refractivity contribution in [3.8, 4) is 0 Å². The summed E-state index contributed by atoms with van der Waals surface area (Å²) in [6.07, 6.45) is 14.1. The summed E-state index contributed by atoms with van der Waals surface area (Å²) in [5.74, 6) is 1.25. The van der Waals surface area contributed by atoms with Crippen LogP contribution in [-0.4, -0.2) is 24.1 Å². The fourth-order valence-corrected chi connectivity index (χ4v) is 4.32. The van der Waals surface area contributed by atoms with Crippen molar-refractivity contribution in [2.45, 2.75) is 70.4 Å². The second kappa shape index (κ2) is 5.77. The Labute approximate surface area is 105 Å². The van der Waals surface area contributed by atoms with Gasteiger partial charge in [-0.3, -0.25) is 0 Å². The first-order chi connectivity index (χ1) is 7.74. The van der Waals surface area contributed by atoms with Gasteiger partial charge in [-0.1, -0.05) is 12.8 Å². The summed E-state index contributed by atoms with van der Waals surface area (Å²) < 4.78 is 0. The maximum atomic E-state index is 3.81. The molecule has 0 aromatic rings. The molecule has 0 amide bonds. The van der Waals surface area contributed by atoms with Gasteiger partial charge in [0, 0.05) is 17.8 Å².